The molecule has 2 rings (SSSR count). The fourth-order valence-electron chi connectivity index (χ4n) is 2.48. The van der Waals surface area contributed by atoms with Gasteiger partial charge in [0.25, 0.3) is 0 Å². The Hall–Kier alpha value is -3.16. The highest BCUT2D eigenvalue weighted by Gasteiger charge is 2.21. The molecule has 0 N–H and O–H groups in total. The Morgan fingerprint density at radius 1 is 0.722 bits per heavy atom. The Balaban J connectivity index is 2.31. The van der Waals surface area contributed by atoms with Crippen LogP contribution in [0.1, 0.15) is 31.9 Å². The summed E-state index contributed by atoms with van der Waals surface area (Å²) in [4.78, 5) is 12.4. The molecule has 0 fully saturated rings. The lowest BCUT2D eigenvalue weighted by atomic mass is 10.1. The van der Waals surface area contributed by atoms with Gasteiger partial charge < -0.3 is 12.5 Å². The Labute approximate surface area is 211 Å². The Bertz CT molecular complexity index is 1470. The van der Waals surface area contributed by atoms with Gasteiger partial charge in [0.2, 0.25) is 0 Å². The molecule has 10 nitrogen and oxygen atoms in total. The monoisotopic (exact) mass is 558 g/mol. The van der Waals surface area contributed by atoms with E-state index in [1.807, 2.05) is 0 Å². The van der Waals surface area contributed by atoms with E-state index in [1.165, 1.54) is 69.3 Å². The third-order valence-electron chi connectivity index (χ3n) is 4.45. The van der Waals surface area contributed by atoms with Crippen molar-refractivity contribution in [3.8, 4) is 17.2 Å². The zero-order valence-electron chi connectivity index (χ0n) is 19.8. The van der Waals surface area contributed by atoms with Gasteiger partial charge in [0.05, 0.1) is 17.3 Å². The highest BCUT2D eigenvalue weighted by molar-refractivity contribution is 7.87. The first kappa shape index (κ1) is 29.1. The molecule has 0 atom stereocenters. The van der Waals surface area contributed by atoms with Crippen molar-refractivity contribution in [2.75, 3.05) is 17.3 Å². The standard InChI is InChI=1S/C23H26O10S3/c1-4-34(25,26)31-21-11-7-9-18(17-21)13-15-20(24)16-14-19-10-8-12-22(32-35(27,28)5-2)23(19)33-36(29,30)6-3/h7-17H,4-6H2,1-3H3/b15-13+,16-14+. The van der Waals surface area contributed by atoms with Gasteiger partial charge in [0, 0.05) is 5.56 Å². The van der Waals surface area contributed by atoms with Crippen LogP contribution in [0.2, 0.25) is 0 Å². The summed E-state index contributed by atoms with van der Waals surface area (Å²) in [5, 5.41) is 0. The van der Waals surface area contributed by atoms with Crippen molar-refractivity contribution in [1.82, 2.24) is 0 Å². The molecular formula is C23H26O10S3. The Morgan fingerprint density at radius 3 is 1.92 bits per heavy atom. The van der Waals surface area contributed by atoms with Crippen LogP contribution >= 0.6 is 0 Å². The van der Waals surface area contributed by atoms with E-state index < -0.39 is 36.1 Å². The average Bonchev–Trinajstić information content (AvgIpc) is 2.82. The predicted molar refractivity (Wildman–Crippen MR) is 136 cm³/mol. The van der Waals surface area contributed by atoms with Gasteiger partial charge in [0.1, 0.15) is 5.75 Å². The van der Waals surface area contributed by atoms with Crippen molar-refractivity contribution in [1.29, 1.82) is 0 Å². The molecule has 13 heteroatoms. The third kappa shape index (κ3) is 9.13. The molecular weight excluding hydrogens is 532 g/mol. The van der Waals surface area contributed by atoms with Gasteiger partial charge in [-0.05, 0) is 62.8 Å². The smallest absolute Gasteiger partial charge is 0.309 e. The van der Waals surface area contributed by atoms with Gasteiger partial charge in [-0.1, -0.05) is 30.3 Å². The fraction of sp³-hybridized carbons (Fsp3) is 0.261. The number of allylic oxidation sites excluding steroid dienone is 2. The number of carbonyl (C=O) groups excluding carboxylic acids is 1. The van der Waals surface area contributed by atoms with Crippen LogP contribution in [0.25, 0.3) is 12.2 Å². The Kier molecular flexibility index (Phi) is 9.85. The lowest BCUT2D eigenvalue weighted by Gasteiger charge is -2.13. The highest BCUT2D eigenvalue weighted by atomic mass is 32.2. The second-order valence-corrected chi connectivity index (χ2v) is 12.7. The van der Waals surface area contributed by atoms with Crippen LogP contribution in [0.4, 0.5) is 0 Å². The summed E-state index contributed by atoms with van der Waals surface area (Å²) in [6.07, 6.45) is 5.02. The van der Waals surface area contributed by atoms with Crippen LogP contribution in [0, 0.1) is 0 Å². The third-order valence-corrected chi connectivity index (χ3v) is 7.87. The number of rotatable bonds is 13. The van der Waals surface area contributed by atoms with E-state index in [-0.39, 0.29) is 40.1 Å². The Morgan fingerprint density at radius 2 is 1.28 bits per heavy atom. The molecule has 0 saturated carbocycles. The van der Waals surface area contributed by atoms with E-state index >= 15 is 0 Å². The van der Waals surface area contributed by atoms with Crippen LogP contribution in [0.5, 0.6) is 17.2 Å². The topological polar surface area (TPSA) is 147 Å². The first-order valence-electron chi connectivity index (χ1n) is 10.7. The molecule has 196 valence electrons. The van der Waals surface area contributed by atoms with Gasteiger partial charge in [-0.2, -0.15) is 25.3 Å². The fourth-order valence-corrected chi connectivity index (χ4v) is 4.07. The lowest BCUT2D eigenvalue weighted by Crippen LogP contribution is -2.16. The molecule has 0 saturated heterocycles. The number of ketones is 1. The first-order valence-corrected chi connectivity index (χ1v) is 15.4. The number of hydrogen-bond acceptors (Lipinski definition) is 10. The van der Waals surface area contributed by atoms with E-state index in [1.54, 1.807) is 12.1 Å². The van der Waals surface area contributed by atoms with Crippen LogP contribution in [0.15, 0.2) is 54.6 Å². The summed E-state index contributed by atoms with van der Waals surface area (Å²) in [6, 6.07) is 10.2. The molecule has 2 aromatic rings. The van der Waals surface area contributed by atoms with E-state index in [0.29, 0.717) is 5.56 Å². The molecule has 0 spiro atoms. The molecule has 0 radical (unpaired) electrons. The summed E-state index contributed by atoms with van der Waals surface area (Å²) < 4.78 is 86.2. The summed E-state index contributed by atoms with van der Waals surface area (Å²) in [5.41, 5.74) is 0.594. The maximum Gasteiger partial charge on any atom is 0.309 e. The minimum absolute atomic E-state index is 0.0951. The van der Waals surface area contributed by atoms with Gasteiger partial charge in [-0.15, -0.1) is 0 Å². The number of para-hydroxylation sites is 1. The zero-order chi connectivity index (χ0) is 27.0. The molecule has 36 heavy (non-hydrogen) atoms. The maximum absolute atomic E-state index is 12.4. The summed E-state index contributed by atoms with van der Waals surface area (Å²) in [5.74, 6) is -2.04. The minimum Gasteiger partial charge on any atom is -0.382 e. The first-order chi connectivity index (χ1) is 16.8. The van der Waals surface area contributed by atoms with Crippen molar-refractivity contribution < 1.29 is 42.6 Å². The molecule has 0 aliphatic carbocycles. The second-order valence-electron chi connectivity index (χ2n) is 7.11. The van der Waals surface area contributed by atoms with E-state index in [0.717, 1.165) is 6.08 Å². The van der Waals surface area contributed by atoms with Gasteiger partial charge in [-0.3, -0.25) is 4.79 Å². The number of hydrogen-bond donors (Lipinski definition) is 0. The maximum atomic E-state index is 12.4. The van der Waals surface area contributed by atoms with Gasteiger partial charge in [0.15, 0.2) is 17.3 Å². The molecule has 0 aliphatic rings. The zero-order valence-corrected chi connectivity index (χ0v) is 22.2. The van der Waals surface area contributed by atoms with E-state index in [4.69, 9.17) is 12.5 Å². The lowest BCUT2D eigenvalue weighted by molar-refractivity contribution is -0.110. The average molecular weight is 559 g/mol. The second kappa shape index (κ2) is 12.2. The van der Waals surface area contributed by atoms with Gasteiger partial charge >= 0.3 is 30.4 Å². The summed E-state index contributed by atoms with van der Waals surface area (Å²) in [7, 11) is -11.7. The number of benzene rings is 2. The molecule has 0 bridgehead atoms. The largest absolute Gasteiger partial charge is 0.382 e. The molecule has 0 unspecified atom stereocenters. The predicted octanol–water partition coefficient (Wildman–Crippen LogP) is 3.17. The van der Waals surface area contributed by atoms with Crippen LogP contribution < -0.4 is 12.5 Å². The SMILES string of the molecule is CCS(=O)(=O)Oc1cccc(/C=C/C(=O)/C=C/c2cccc(OS(=O)(=O)CC)c2OS(=O)(=O)CC)c1. The highest BCUT2D eigenvalue weighted by Crippen LogP contribution is 2.34. The molecule has 0 heterocycles. The van der Waals surface area contributed by atoms with Crippen molar-refractivity contribution in [2.24, 2.45) is 0 Å². The van der Waals surface area contributed by atoms with Crippen molar-refractivity contribution in [2.45, 2.75) is 20.8 Å². The quantitative estimate of drug-likeness (QED) is 0.265. The van der Waals surface area contributed by atoms with Gasteiger partial charge in [-0.25, -0.2) is 0 Å². The van der Waals surface area contributed by atoms with E-state index in [9.17, 15) is 30.0 Å². The summed E-state index contributed by atoms with van der Waals surface area (Å²) in [6.45, 7) is 4.16. The minimum atomic E-state index is -4.05. The molecule has 2 aromatic carbocycles. The van der Waals surface area contributed by atoms with Crippen LogP contribution in [0.3, 0.4) is 0 Å². The van der Waals surface area contributed by atoms with Crippen LogP contribution in [-0.4, -0.2) is 48.3 Å². The number of carbonyl (C=O) groups is 1. The molecule has 0 aliphatic heterocycles. The molecule has 0 amide bonds. The normalized spacial score (nSPS) is 12.6. The molecule has 0 aromatic heterocycles. The van der Waals surface area contributed by atoms with Crippen molar-refractivity contribution >= 4 is 48.3 Å². The van der Waals surface area contributed by atoms with Crippen LogP contribution in [-0.2, 0) is 35.1 Å². The van der Waals surface area contributed by atoms with Crippen molar-refractivity contribution in [3.05, 3.63) is 65.7 Å². The van der Waals surface area contributed by atoms with Crippen molar-refractivity contribution in [3.63, 3.8) is 0 Å². The summed E-state index contributed by atoms with van der Waals surface area (Å²) >= 11 is 0. The van der Waals surface area contributed by atoms with E-state index in [2.05, 4.69) is 0 Å².